The predicted molar refractivity (Wildman–Crippen MR) is 90.1 cm³/mol. The lowest BCUT2D eigenvalue weighted by Gasteiger charge is -2.23. The Bertz CT molecular complexity index is 380. The van der Waals surface area contributed by atoms with Crippen molar-refractivity contribution in [2.75, 3.05) is 0 Å². The van der Waals surface area contributed by atoms with Crippen LogP contribution in [0.5, 0.6) is 0 Å². The second-order valence-corrected chi connectivity index (χ2v) is 13.8. The molecule has 0 aromatic carbocycles. The molecule has 0 rings (SSSR count). The van der Waals surface area contributed by atoms with Gasteiger partial charge in [0, 0.05) is 0 Å². The lowest BCUT2D eigenvalue weighted by atomic mass is 11.2. The molecule has 0 unspecified atom stereocenters. The molecule has 0 saturated heterocycles. The maximum Gasteiger partial charge on any atom is 0.396 e. The van der Waals surface area contributed by atoms with Crippen LogP contribution in [-0.2, 0) is 20.6 Å². The molecule has 0 N–H and O–H groups in total. The molecular formula is C8H10O5Si8. The second kappa shape index (κ2) is 12.0. The van der Waals surface area contributed by atoms with Crippen LogP contribution in [0.4, 0.5) is 0 Å². The molecule has 104 valence electrons. The van der Waals surface area contributed by atoms with Crippen molar-refractivity contribution in [2.45, 2.75) is 0 Å². The van der Waals surface area contributed by atoms with E-state index in [2.05, 4.69) is 67.8 Å². The summed E-state index contributed by atoms with van der Waals surface area (Å²) >= 11 is 0. The van der Waals surface area contributed by atoms with Crippen molar-refractivity contribution in [2.24, 2.45) is 0 Å². The molecular weight excluding hydrogens is 401 g/mol. The van der Waals surface area contributed by atoms with Crippen LogP contribution in [-0.4, -0.2) is 78.6 Å². The zero-order chi connectivity index (χ0) is 16.4. The normalized spacial score (nSPS) is 11.4. The number of rotatable bonds is 12. The first kappa shape index (κ1) is 21.5. The van der Waals surface area contributed by atoms with Gasteiger partial charge >= 0.3 is 37.1 Å². The van der Waals surface area contributed by atoms with Crippen molar-refractivity contribution in [1.29, 1.82) is 0 Å². The maximum absolute atomic E-state index is 5.81. The zero-order valence-corrected chi connectivity index (χ0v) is 19.0. The van der Waals surface area contributed by atoms with E-state index in [-0.39, 0.29) is 0 Å². The van der Waals surface area contributed by atoms with E-state index in [0.29, 0.717) is 9.64 Å². The molecule has 16 radical (unpaired) electrons. The van der Waals surface area contributed by atoms with E-state index in [9.17, 15) is 0 Å². The summed E-state index contributed by atoms with van der Waals surface area (Å²) in [6, 6.07) is 0. The summed E-state index contributed by atoms with van der Waals surface area (Å²) in [5, 5.41) is 0. The summed E-state index contributed by atoms with van der Waals surface area (Å²) in [7, 11) is 5.30. The van der Waals surface area contributed by atoms with Crippen LogP contribution in [0, 0.1) is 0 Å². The van der Waals surface area contributed by atoms with Gasteiger partial charge in [-0.3, -0.25) is 0 Å². The number of hydrogen-bond acceptors (Lipinski definition) is 5. The minimum atomic E-state index is -1.91. The molecule has 21 heavy (non-hydrogen) atoms. The highest BCUT2D eigenvalue weighted by molar-refractivity contribution is 6.82. The summed E-state index contributed by atoms with van der Waals surface area (Å²) in [5.74, 6) is 0. The number of hydrogen-bond donors (Lipinski definition) is 0. The van der Waals surface area contributed by atoms with Crippen molar-refractivity contribution in [3.05, 3.63) is 47.4 Å². The summed E-state index contributed by atoms with van der Waals surface area (Å²) in [5.41, 5.74) is 3.15. The molecule has 0 aliphatic rings. The van der Waals surface area contributed by atoms with Gasteiger partial charge in [-0.15, -0.1) is 26.3 Å². The van der Waals surface area contributed by atoms with Gasteiger partial charge in [-0.1, -0.05) is 9.64 Å². The second-order valence-electron chi connectivity index (χ2n) is 3.09. The quantitative estimate of drug-likeness (QED) is 0.390. The van der Waals surface area contributed by atoms with E-state index in [1.54, 1.807) is 11.4 Å². The predicted octanol–water partition coefficient (Wildman–Crippen LogP) is -0.918. The van der Waals surface area contributed by atoms with Crippen LogP contribution in [0.15, 0.2) is 47.4 Å². The van der Waals surface area contributed by atoms with Crippen molar-refractivity contribution in [3.8, 4) is 0 Å². The van der Waals surface area contributed by atoms with Crippen LogP contribution in [0.25, 0.3) is 0 Å². The molecule has 5 nitrogen and oxygen atoms in total. The summed E-state index contributed by atoms with van der Waals surface area (Å²) in [6.45, 7) is 14.8. The van der Waals surface area contributed by atoms with Crippen molar-refractivity contribution < 1.29 is 20.6 Å². The van der Waals surface area contributed by atoms with Crippen LogP contribution < -0.4 is 0 Å². The Morgan fingerprint density at radius 1 is 0.762 bits per heavy atom. The topological polar surface area (TPSA) is 46.2 Å². The summed E-state index contributed by atoms with van der Waals surface area (Å²) < 4.78 is 27.2. The Morgan fingerprint density at radius 3 is 1.62 bits per heavy atom. The molecule has 0 amide bonds. The van der Waals surface area contributed by atoms with E-state index in [4.69, 9.17) is 20.6 Å². The minimum absolute atomic E-state index is 0.568. The molecule has 0 saturated carbocycles. The lowest BCUT2D eigenvalue weighted by Crippen LogP contribution is -2.43. The fraction of sp³-hybridized carbons (Fsp3) is 0. The Balaban J connectivity index is 4.80. The minimum Gasteiger partial charge on any atom is -0.433 e. The van der Waals surface area contributed by atoms with Crippen LogP contribution in [0.1, 0.15) is 0 Å². The van der Waals surface area contributed by atoms with Gasteiger partial charge < -0.3 is 20.6 Å². The third kappa shape index (κ3) is 8.63. The van der Waals surface area contributed by atoms with E-state index >= 15 is 0 Å². The average molecular weight is 411 g/mol. The maximum atomic E-state index is 5.81. The van der Waals surface area contributed by atoms with Gasteiger partial charge in [-0.05, 0) is 11.4 Å². The molecule has 0 aromatic heterocycles. The zero-order valence-electron chi connectivity index (χ0n) is 11.0. The molecule has 0 aliphatic carbocycles. The van der Waals surface area contributed by atoms with Gasteiger partial charge in [0.05, 0.1) is 20.5 Å². The van der Waals surface area contributed by atoms with Gasteiger partial charge in [0.15, 0.2) is 0 Å². The summed E-state index contributed by atoms with van der Waals surface area (Å²) in [4.78, 5) is 1.15. The monoisotopic (exact) mass is 410 g/mol. The van der Waals surface area contributed by atoms with E-state index in [0.717, 1.165) is 0 Å². The molecule has 0 aromatic rings. The van der Waals surface area contributed by atoms with Gasteiger partial charge in [0.2, 0.25) is 21.0 Å². The smallest absolute Gasteiger partial charge is 0.396 e. The molecule has 0 fully saturated rings. The van der Waals surface area contributed by atoms with Crippen molar-refractivity contribution in [3.63, 3.8) is 0 Å². The van der Waals surface area contributed by atoms with E-state index in [1.807, 2.05) is 0 Å². The van der Waals surface area contributed by atoms with Gasteiger partial charge in [0.25, 0.3) is 0 Å². The average Bonchev–Trinajstić information content (AvgIpc) is 2.46. The highest BCUT2D eigenvalue weighted by Crippen LogP contribution is 2.08. The lowest BCUT2D eigenvalue weighted by molar-refractivity contribution is 0.352. The highest BCUT2D eigenvalue weighted by atomic mass is 28.5. The van der Waals surface area contributed by atoms with Crippen LogP contribution in [0.3, 0.4) is 0 Å². The summed E-state index contributed by atoms with van der Waals surface area (Å²) in [6.07, 6.45) is 0. The van der Waals surface area contributed by atoms with E-state index in [1.165, 1.54) is 0 Å². The van der Waals surface area contributed by atoms with Gasteiger partial charge in [0.1, 0.15) is 0 Å². The fourth-order valence-electron chi connectivity index (χ4n) is 0.771. The molecule has 13 heteroatoms. The molecule has 0 aliphatic heterocycles. The largest absolute Gasteiger partial charge is 0.433 e. The Morgan fingerprint density at radius 2 is 1.29 bits per heavy atom. The van der Waals surface area contributed by atoms with Crippen LogP contribution in [0.2, 0.25) is 0 Å². The van der Waals surface area contributed by atoms with Crippen LogP contribution >= 0.6 is 0 Å². The molecule has 0 spiro atoms. The third-order valence-electron chi connectivity index (χ3n) is 1.60. The van der Waals surface area contributed by atoms with E-state index < -0.39 is 37.1 Å². The Kier molecular flexibility index (Phi) is 12.3. The van der Waals surface area contributed by atoms with Gasteiger partial charge in [-0.25, -0.2) is 0 Å². The third-order valence-corrected chi connectivity index (χ3v) is 10.7. The van der Waals surface area contributed by atoms with Crippen molar-refractivity contribution >= 4 is 78.6 Å². The molecule has 0 atom stereocenters. The Hall–Kier alpha value is 0.495. The first-order valence-electron chi connectivity index (χ1n) is 5.14. The van der Waals surface area contributed by atoms with Gasteiger partial charge in [-0.2, -0.15) is 0 Å². The highest BCUT2D eigenvalue weighted by Gasteiger charge is 2.31. The first-order valence-corrected chi connectivity index (χ1v) is 12.4. The fourth-order valence-corrected chi connectivity index (χ4v) is 10.3. The Labute approximate surface area is 146 Å². The standard InChI is InChI=1S/C8H10O5Si8/c1-5-18(9-16)11-19(6-2)12-21(8(4)15)13-20(10-17)7(3)14/h5-6H,1-4H2. The SMILES string of the molecule is C=C[Si](O[Si])O[Si](C=C)O[Si](O[Si](O[Si])C(=C)[Si])C(=C)[Si]. The molecule has 0 heterocycles. The first-order chi connectivity index (χ1) is 9.89. The van der Waals surface area contributed by atoms with Crippen molar-refractivity contribution in [1.82, 2.24) is 0 Å². The molecule has 0 bridgehead atoms.